The standard InChI is InChI=1S/C19H17F3NO/c1-10-5-4-6-11(2)17(10)18(24)16-9-14-12(3)7-13(19(20,21)22)8-15(14)23-16/h4-5,7-9,18,23-24H,1-3H3. The Labute approximate surface area is 137 Å². The number of rotatable bonds is 2. The Bertz CT molecular complexity index is 889. The van der Waals surface area contributed by atoms with Crippen molar-refractivity contribution < 1.29 is 18.3 Å². The molecule has 0 spiro atoms. The second-order valence-corrected chi connectivity index (χ2v) is 6.08. The number of aliphatic hydroxyl groups is 1. The number of hydrogen-bond acceptors (Lipinski definition) is 1. The summed E-state index contributed by atoms with van der Waals surface area (Å²) in [4.78, 5) is 2.94. The molecule has 1 radical (unpaired) electrons. The highest BCUT2D eigenvalue weighted by atomic mass is 19.4. The fourth-order valence-electron chi connectivity index (χ4n) is 3.08. The number of benzene rings is 2. The number of aromatic nitrogens is 1. The summed E-state index contributed by atoms with van der Waals surface area (Å²) in [7, 11) is 0. The van der Waals surface area contributed by atoms with Crippen LogP contribution >= 0.6 is 0 Å². The highest BCUT2D eigenvalue weighted by Crippen LogP contribution is 2.35. The average Bonchev–Trinajstić information content (AvgIpc) is 2.90. The van der Waals surface area contributed by atoms with Crippen LogP contribution < -0.4 is 0 Å². The largest absolute Gasteiger partial charge is 0.416 e. The maximum atomic E-state index is 13.0. The summed E-state index contributed by atoms with van der Waals surface area (Å²) in [5.74, 6) is 0. The van der Waals surface area contributed by atoms with Crippen LogP contribution in [-0.4, -0.2) is 10.1 Å². The minimum absolute atomic E-state index is 0.367. The molecule has 0 aliphatic rings. The van der Waals surface area contributed by atoms with Gasteiger partial charge in [-0.3, -0.25) is 0 Å². The molecule has 0 fully saturated rings. The quantitative estimate of drug-likeness (QED) is 0.681. The Morgan fingerprint density at radius 2 is 1.79 bits per heavy atom. The summed E-state index contributed by atoms with van der Waals surface area (Å²) in [6, 6.07) is 10.6. The lowest BCUT2D eigenvalue weighted by Gasteiger charge is -2.15. The first kappa shape index (κ1) is 16.6. The third kappa shape index (κ3) is 2.80. The van der Waals surface area contributed by atoms with Gasteiger partial charge in [-0.15, -0.1) is 0 Å². The van der Waals surface area contributed by atoms with E-state index < -0.39 is 17.8 Å². The van der Waals surface area contributed by atoms with Crippen LogP contribution in [0.4, 0.5) is 13.2 Å². The molecule has 0 aliphatic carbocycles. The monoisotopic (exact) mass is 332 g/mol. The van der Waals surface area contributed by atoms with Crippen molar-refractivity contribution in [2.24, 2.45) is 0 Å². The molecule has 1 aromatic heterocycles. The minimum Gasteiger partial charge on any atom is -0.382 e. The van der Waals surface area contributed by atoms with Crippen molar-refractivity contribution in [2.75, 3.05) is 0 Å². The van der Waals surface area contributed by atoms with Crippen LogP contribution in [0, 0.1) is 26.8 Å². The number of halogens is 3. The number of aryl methyl sites for hydroxylation is 3. The molecular formula is C19H17F3NO. The Hall–Kier alpha value is -2.27. The van der Waals surface area contributed by atoms with Crippen molar-refractivity contribution in [2.45, 2.75) is 33.1 Å². The third-order valence-electron chi connectivity index (χ3n) is 4.32. The van der Waals surface area contributed by atoms with E-state index in [2.05, 4.69) is 11.1 Å². The van der Waals surface area contributed by atoms with Crippen molar-refractivity contribution in [3.05, 3.63) is 69.9 Å². The van der Waals surface area contributed by atoms with Crippen molar-refractivity contribution in [3.8, 4) is 0 Å². The van der Waals surface area contributed by atoms with Gasteiger partial charge in [-0.25, -0.2) is 0 Å². The van der Waals surface area contributed by atoms with Gasteiger partial charge in [0, 0.05) is 16.6 Å². The van der Waals surface area contributed by atoms with Crippen LogP contribution in [-0.2, 0) is 6.18 Å². The number of aromatic amines is 1. The van der Waals surface area contributed by atoms with Crippen LogP contribution in [0.2, 0.25) is 0 Å². The van der Waals surface area contributed by atoms with E-state index in [0.29, 0.717) is 22.2 Å². The van der Waals surface area contributed by atoms with Gasteiger partial charge < -0.3 is 10.1 Å². The van der Waals surface area contributed by atoms with E-state index in [0.717, 1.165) is 28.8 Å². The molecular weight excluding hydrogens is 315 g/mol. The molecule has 0 saturated heterocycles. The first-order chi connectivity index (χ1) is 11.2. The van der Waals surface area contributed by atoms with Gasteiger partial charge in [0.1, 0.15) is 6.10 Å². The van der Waals surface area contributed by atoms with Gasteiger partial charge in [0.15, 0.2) is 0 Å². The third-order valence-corrected chi connectivity index (χ3v) is 4.32. The van der Waals surface area contributed by atoms with Crippen LogP contribution in [0.1, 0.15) is 39.6 Å². The lowest BCUT2D eigenvalue weighted by molar-refractivity contribution is -0.137. The Morgan fingerprint density at radius 1 is 1.08 bits per heavy atom. The van der Waals surface area contributed by atoms with Crippen molar-refractivity contribution in [3.63, 3.8) is 0 Å². The van der Waals surface area contributed by atoms with Crippen LogP contribution in [0.5, 0.6) is 0 Å². The number of aliphatic hydroxyl groups excluding tert-OH is 1. The Kier molecular flexibility index (Phi) is 3.92. The number of hydrogen-bond donors (Lipinski definition) is 2. The second kappa shape index (κ2) is 5.67. The molecule has 5 heteroatoms. The molecule has 2 N–H and O–H groups in total. The smallest absolute Gasteiger partial charge is 0.382 e. The van der Waals surface area contributed by atoms with E-state index in [-0.39, 0.29) is 0 Å². The van der Waals surface area contributed by atoms with Crippen molar-refractivity contribution >= 4 is 10.9 Å². The van der Waals surface area contributed by atoms with E-state index in [1.165, 1.54) is 0 Å². The van der Waals surface area contributed by atoms with Gasteiger partial charge in [-0.05, 0) is 67.3 Å². The maximum absolute atomic E-state index is 13.0. The summed E-state index contributed by atoms with van der Waals surface area (Å²) in [5.41, 5.74) is 3.10. The normalized spacial score (nSPS) is 13.5. The van der Waals surface area contributed by atoms with Gasteiger partial charge >= 0.3 is 6.18 Å². The molecule has 0 bridgehead atoms. The van der Waals surface area contributed by atoms with E-state index in [4.69, 9.17) is 0 Å². The molecule has 2 nitrogen and oxygen atoms in total. The molecule has 1 unspecified atom stereocenters. The highest BCUT2D eigenvalue weighted by molar-refractivity contribution is 5.85. The Balaban J connectivity index is 2.13. The molecule has 0 aliphatic heterocycles. The van der Waals surface area contributed by atoms with E-state index in [1.54, 1.807) is 19.1 Å². The summed E-state index contributed by atoms with van der Waals surface area (Å²) in [6.07, 6.45) is -5.34. The van der Waals surface area contributed by atoms with Crippen LogP contribution in [0.15, 0.2) is 30.3 Å². The average molecular weight is 332 g/mol. The van der Waals surface area contributed by atoms with Crippen molar-refractivity contribution in [1.29, 1.82) is 0 Å². The highest BCUT2D eigenvalue weighted by Gasteiger charge is 2.31. The number of fused-ring (bicyclic) bond motifs is 1. The predicted octanol–water partition coefficient (Wildman–Crippen LogP) is 4.99. The molecule has 3 aromatic rings. The van der Waals surface area contributed by atoms with E-state index in [1.807, 2.05) is 19.9 Å². The first-order valence-electron chi connectivity index (χ1n) is 7.55. The zero-order chi connectivity index (χ0) is 17.6. The molecule has 125 valence electrons. The molecule has 2 aromatic carbocycles. The first-order valence-corrected chi connectivity index (χ1v) is 7.55. The SMILES string of the molecule is Cc1[c]ccc(C)c1C(O)c1cc2c(C)cc(C(F)(F)F)cc2[nH]1. The minimum atomic E-state index is -4.40. The van der Waals surface area contributed by atoms with Crippen LogP contribution in [0.3, 0.4) is 0 Å². The maximum Gasteiger partial charge on any atom is 0.416 e. The van der Waals surface area contributed by atoms with Gasteiger partial charge in [-0.1, -0.05) is 12.1 Å². The summed E-state index contributed by atoms with van der Waals surface area (Å²) in [6.45, 7) is 5.37. The zero-order valence-corrected chi connectivity index (χ0v) is 13.5. The number of nitrogens with one attached hydrogen (secondary N) is 1. The lowest BCUT2D eigenvalue weighted by atomic mass is 9.96. The lowest BCUT2D eigenvalue weighted by Crippen LogP contribution is -2.05. The van der Waals surface area contributed by atoms with Gasteiger partial charge in [0.2, 0.25) is 0 Å². The molecule has 0 amide bonds. The summed E-state index contributed by atoms with van der Waals surface area (Å²) >= 11 is 0. The molecule has 24 heavy (non-hydrogen) atoms. The van der Waals surface area contributed by atoms with Gasteiger partial charge in [0.25, 0.3) is 0 Å². The fraction of sp³-hybridized carbons (Fsp3) is 0.263. The number of H-pyrrole nitrogens is 1. The summed E-state index contributed by atoms with van der Waals surface area (Å²) in [5, 5.41) is 11.4. The molecule has 0 saturated carbocycles. The van der Waals surface area contributed by atoms with E-state index in [9.17, 15) is 18.3 Å². The second-order valence-electron chi connectivity index (χ2n) is 6.08. The fourth-order valence-corrected chi connectivity index (χ4v) is 3.08. The predicted molar refractivity (Wildman–Crippen MR) is 86.9 cm³/mol. The van der Waals surface area contributed by atoms with Gasteiger partial charge in [-0.2, -0.15) is 13.2 Å². The zero-order valence-electron chi connectivity index (χ0n) is 13.5. The summed E-state index contributed by atoms with van der Waals surface area (Å²) < 4.78 is 38.9. The topological polar surface area (TPSA) is 36.0 Å². The molecule has 3 rings (SSSR count). The van der Waals surface area contributed by atoms with Gasteiger partial charge in [0.05, 0.1) is 5.56 Å². The van der Waals surface area contributed by atoms with Crippen molar-refractivity contribution in [1.82, 2.24) is 4.98 Å². The number of alkyl halides is 3. The van der Waals surface area contributed by atoms with E-state index >= 15 is 0 Å². The molecule has 1 atom stereocenters. The Morgan fingerprint density at radius 3 is 2.42 bits per heavy atom. The van der Waals surface area contributed by atoms with Crippen LogP contribution in [0.25, 0.3) is 10.9 Å². The molecule has 1 heterocycles.